The van der Waals surface area contributed by atoms with Crippen LogP contribution in [0.3, 0.4) is 0 Å². The summed E-state index contributed by atoms with van der Waals surface area (Å²) < 4.78 is 0. The molecule has 0 saturated heterocycles. The van der Waals surface area contributed by atoms with Gasteiger partial charge in [0.05, 0.1) is 0 Å². The molecule has 2 N–H and O–H groups in total. The smallest absolute Gasteiger partial charge is 0.251 e. The second-order valence-electron chi connectivity index (χ2n) is 5.60. The van der Waals surface area contributed by atoms with Crippen LogP contribution in [0.5, 0.6) is 0 Å². The number of anilines is 1. The fourth-order valence-corrected chi connectivity index (χ4v) is 2.08. The molecule has 0 aliphatic heterocycles. The van der Waals surface area contributed by atoms with Crippen molar-refractivity contribution in [2.45, 2.75) is 53.5 Å². The van der Waals surface area contributed by atoms with Crippen molar-refractivity contribution in [2.24, 2.45) is 5.92 Å². The van der Waals surface area contributed by atoms with E-state index < -0.39 is 0 Å². The zero-order valence-electron chi connectivity index (χ0n) is 13.4. The second-order valence-corrected chi connectivity index (χ2v) is 5.60. The maximum absolute atomic E-state index is 12.3. The molecule has 3 heteroatoms. The maximum atomic E-state index is 12.3. The Bertz CT molecular complexity index is 443. The Labute approximate surface area is 123 Å². The first-order chi connectivity index (χ1) is 9.49. The molecule has 0 heterocycles. The third-order valence-corrected chi connectivity index (χ3v) is 3.91. The molecular formula is C17H28N2O. The van der Waals surface area contributed by atoms with Crippen molar-refractivity contribution in [2.75, 3.05) is 11.9 Å². The summed E-state index contributed by atoms with van der Waals surface area (Å²) in [6.45, 7) is 11.5. The van der Waals surface area contributed by atoms with Crippen LogP contribution in [0.1, 0.15) is 56.5 Å². The van der Waals surface area contributed by atoms with E-state index in [4.69, 9.17) is 0 Å². The molecule has 0 bridgehead atoms. The van der Waals surface area contributed by atoms with E-state index in [0.717, 1.165) is 36.2 Å². The van der Waals surface area contributed by atoms with Crippen molar-refractivity contribution in [3.63, 3.8) is 0 Å². The number of carbonyl (C=O) groups is 1. The minimum atomic E-state index is 0.0253. The van der Waals surface area contributed by atoms with Crippen LogP contribution in [0.25, 0.3) is 0 Å². The van der Waals surface area contributed by atoms with E-state index >= 15 is 0 Å². The van der Waals surface area contributed by atoms with Crippen LogP contribution in [0, 0.1) is 12.8 Å². The van der Waals surface area contributed by atoms with Gasteiger partial charge in [0, 0.05) is 23.8 Å². The van der Waals surface area contributed by atoms with Gasteiger partial charge in [-0.3, -0.25) is 4.79 Å². The van der Waals surface area contributed by atoms with Gasteiger partial charge in [-0.1, -0.05) is 27.2 Å². The first-order valence-electron chi connectivity index (χ1n) is 7.64. The topological polar surface area (TPSA) is 41.1 Å². The van der Waals surface area contributed by atoms with Crippen LogP contribution < -0.4 is 10.6 Å². The number of carbonyl (C=O) groups excluding carboxylic acids is 1. The molecule has 20 heavy (non-hydrogen) atoms. The SMILES string of the molecule is CCCNc1ccc(C(=O)NC(C)C(C)CC)c(C)c1. The molecule has 2 unspecified atom stereocenters. The summed E-state index contributed by atoms with van der Waals surface area (Å²) in [6.07, 6.45) is 2.16. The Morgan fingerprint density at radius 2 is 1.95 bits per heavy atom. The summed E-state index contributed by atoms with van der Waals surface area (Å²) in [5, 5.41) is 6.43. The van der Waals surface area contributed by atoms with E-state index in [0.29, 0.717) is 5.92 Å². The predicted molar refractivity (Wildman–Crippen MR) is 86.3 cm³/mol. The highest BCUT2D eigenvalue weighted by atomic mass is 16.1. The number of hydrogen-bond acceptors (Lipinski definition) is 2. The lowest BCUT2D eigenvalue weighted by Gasteiger charge is -2.20. The summed E-state index contributed by atoms with van der Waals surface area (Å²) >= 11 is 0. The van der Waals surface area contributed by atoms with Gasteiger partial charge in [-0.2, -0.15) is 0 Å². The van der Waals surface area contributed by atoms with Gasteiger partial charge < -0.3 is 10.6 Å². The molecule has 112 valence electrons. The average molecular weight is 276 g/mol. The van der Waals surface area contributed by atoms with E-state index in [2.05, 4.69) is 38.3 Å². The maximum Gasteiger partial charge on any atom is 0.251 e. The number of hydrogen-bond donors (Lipinski definition) is 2. The van der Waals surface area contributed by atoms with E-state index in [9.17, 15) is 4.79 Å². The highest BCUT2D eigenvalue weighted by Crippen LogP contribution is 2.16. The second kappa shape index (κ2) is 7.93. The lowest BCUT2D eigenvalue weighted by atomic mass is 10.00. The largest absolute Gasteiger partial charge is 0.385 e. The molecular weight excluding hydrogens is 248 g/mol. The zero-order chi connectivity index (χ0) is 15.1. The lowest BCUT2D eigenvalue weighted by Crippen LogP contribution is -2.37. The van der Waals surface area contributed by atoms with Crippen molar-refractivity contribution in [3.05, 3.63) is 29.3 Å². The van der Waals surface area contributed by atoms with Crippen LogP contribution >= 0.6 is 0 Å². The average Bonchev–Trinajstić information content (AvgIpc) is 2.43. The molecule has 1 amide bonds. The van der Waals surface area contributed by atoms with Gasteiger partial charge in [-0.05, 0) is 49.9 Å². The minimum absolute atomic E-state index is 0.0253. The molecule has 3 nitrogen and oxygen atoms in total. The van der Waals surface area contributed by atoms with Crippen molar-refractivity contribution in [1.82, 2.24) is 5.32 Å². The third kappa shape index (κ3) is 4.55. The number of aryl methyl sites for hydroxylation is 1. The standard InChI is InChI=1S/C17H28N2O/c1-6-10-18-15-8-9-16(13(4)11-15)17(20)19-14(5)12(3)7-2/h8-9,11-12,14,18H,6-7,10H2,1-5H3,(H,19,20). The van der Waals surface area contributed by atoms with E-state index in [1.165, 1.54) is 0 Å². The van der Waals surface area contributed by atoms with Crippen molar-refractivity contribution in [3.8, 4) is 0 Å². The number of amides is 1. The molecule has 1 rings (SSSR count). The van der Waals surface area contributed by atoms with Gasteiger partial charge >= 0.3 is 0 Å². The van der Waals surface area contributed by atoms with E-state index in [1.807, 2.05) is 25.1 Å². The molecule has 1 aromatic rings. The molecule has 0 aromatic heterocycles. The highest BCUT2D eigenvalue weighted by molar-refractivity contribution is 5.96. The summed E-state index contributed by atoms with van der Waals surface area (Å²) in [4.78, 5) is 12.3. The van der Waals surface area contributed by atoms with Gasteiger partial charge in [0.15, 0.2) is 0 Å². The summed E-state index contributed by atoms with van der Waals surface area (Å²) in [5.74, 6) is 0.516. The molecule has 0 radical (unpaired) electrons. The Balaban J connectivity index is 2.73. The Kier molecular flexibility index (Phi) is 6.56. The van der Waals surface area contributed by atoms with Gasteiger partial charge in [-0.15, -0.1) is 0 Å². The Hall–Kier alpha value is -1.51. The van der Waals surface area contributed by atoms with Crippen LogP contribution in [-0.2, 0) is 0 Å². The van der Waals surface area contributed by atoms with Crippen LogP contribution in [0.4, 0.5) is 5.69 Å². The first-order valence-corrected chi connectivity index (χ1v) is 7.64. The van der Waals surface area contributed by atoms with Gasteiger partial charge in [0.25, 0.3) is 5.91 Å². The van der Waals surface area contributed by atoms with Crippen molar-refractivity contribution in [1.29, 1.82) is 0 Å². The van der Waals surface area contributed by atoms with Crippen LogP contribution in [-0.4, -0.2) is 18.5 Å². The normalized spacial score (nSPS) is 13.7. The monoisotopic (exact) mass is 276 g/mol. The molecule has 0 saturated carbocycles. The number of benzene rings is 1. The van der Waals surface area contributed by atoms with Crippen molar-refractivity contribution < 1.29 is 4.79 Å². The number of nitrogens with one attached hydrogen (secondary N) is 2. The fourth-order valence-electron chi connectivity index (χ4n) is 2.08. The van der Waals surface area contributed by atoms with Gasteiger partial charge in [-0.25, -0.2) is 0 Å². The highest BCUT2D eigenvalue weighted by Gasteiger charge is 2.15. The van der Waals surface area contributed by atoms with Crippen molar-refractivity contribution >= 4 is 11.6 Å². The zero-order valence-corrected chi connectivity index (χ0v) is 13.4. The fraction of sp³-hybridized carbons (Fsp3) is 0.588. The first kappa shape index (κ1) is 16.5. The quantitative estimate of drug-likeness (QED) is 0.791. The minimum Gasteiger partial charge on any atom is -0.385 e. The molecule has 0 spiro atoms. The van der Waals surface area contributed by atoms with E-state index in [-0.39, 0.29) is 11.9 Å². The van der Waals surface area contributed by atoms with Crippen LogP contribution in [0.2, 0.25) is 0 Å². The summed E-state index contributed by atoms with van der Waals surface area (Å²) in [6, 6.07) is 6.13. The number of rotatable bonds is 7. The summed E-state index contributed by atoms with van der Waals surface area (Å²) in [5.41, 5.74) is 2.86. The van der Waals surface area contributed by atoms with Gasteiger partial charge in [0.1, 0.15) is 0 Å². The molecule has 0 aliphatic carbocycles. The van der Waals surface area contributed by atoms with Crippen LogP contribution in [0.15, 0.2) is 18.2 Å². The molecule has 2 atom stereocenters. The Morgan fingerprint density at radius 3 is 2.50 bits per heavy atom. The lowest BCUT2D eigenvalue weighted by molar-refractivity contribution is 0.0927. The van der Waals surface area contributed by atoms with E-state index in [1.54, 1.807) is 0 Å². The van der Waals surface area contributed by atoms with Gasteiger partial charge in [0.2, 0.25) is 0 Å². The third-order valence-electron chi connectivity index (χ3n) is 3.91. The predicted octanol–water partition coefficient (Wildman–Crippen LogP) is 3.98. The molecule has 0 fully saturated rings. The molecule has 0 aliphatic rings. The Morgan fingerprint density at radius 1 is 1.25 bits per heavy atom. The molecule has 1 aromatic carbocycles. The summed E-state index contributed by atoms with van der Waals surface area (Å²) in [7, 11) is 0.